The van der Waals surface area contributed by atoms with Crippen molar-refractivity contribution in [3.05, 3.63) is 57.4 Å². The number of hydrogen-bond donors (Lipinski definition) is 0. The van der Waals surface area contributed by atoms with Gasteiger partial charge in [0.25, 0.3) is 5.91 Å². The minimum atomic E-state index is -3.30. The zero-order chi connectivity index (χ0) is 18.1. The van der Waals surface area contributed by atoms with Crippen molar-refractivity contribution in [2.75, 3.05) is 11.2 Å². The Balaban J connectivity index is 2.44. The van der Waals surface area contributed by atoms with Crippen LogP contribution in [-0.2, 0) is 9.84 Å². The minimum Gasteiger partial charge on any atom is -0.306 e. The molecule has 7 heteroatoms. The molecule has 0 aromatic heterocycles. The van der Waals surface area contributed by atoms with Crippen molar-refractivity contribution in [3.63, 3.8) is 0 Å². The van der Waals surface area contributed by atoms with Crippen LogP contribution in [0.25, 0.3) is 0 Å². The van der Waals surface area contributed by atoms with Gasteiger partial charge in [-0.1, -0.05) is 0 Å². The summed E-state index contributed by atoms with van der Waals surface area (Å²) in [6, 6.07) is 10.0. The van der Waals surface area contributed by atoms with Gasteiger partial charge in [-0.2, -0.15) is 0 Å². The molecule has 0 fully saturated rings. The molecule has 0 saturated carbocycles. The molecule has 0 atom stereocenters. The third-order valence-electron chi connectivity index (χ3n) is 3.44. The molecule has 0 saturated heterocycles. The maximum atomic E-state index is 13.3. The summed E-state index contributed by atoms with van der Waals surface area (Å²) in [6.07, 6.45) is 1.13. The Morgan fingerprint density at radius 1 is 1.12 bits per heavy atom. The molecule has 0 aliphatic rings. The summed E-state index contributed by atoms with van der Waals surface area (Å²) in [5.41, 5.74) is 0.986. The third kappa shape index (κ3) is 4.13. The van der Waals surface area contributed by atoms with Crippen molar-refractivity contribution in [2.24, 2.45) is 0 Å². The molecule has 0 aliphatic carbocycles. The van der Waals surface area contributed by atoms with Gasteiger partial charge >= 0.3 is 0 Å². The predicted molar refractivity (Wildman–Crippen MR) is 101 cm³/mol. The highest BCUT2D eigenvalue weighted by molar-refractivity contribution is 14.1. The Hall–Kier alpha value is -1.48. The topological polar surface area (TPSA) is 54.5 Å². The number of carbonyl (C=O) groups is 1. The van der Waals surface area contributed by atoms with Gasteiger partial charge in [0.05, 0.1) is 10.5 Å². The summed E-state index contributed by atoms with van der Waals surface area (Å²) in [5, 5.41) is 0. The molecule has 0 spiro atoms. The molecule has 0 aliphatic heterocycles. The summed E-state index contributed by atoms with van der Waals surface area (Å²) >= 11 is 1.93. The maximum Gasteiger partial charge on any atom is 0.259 e. The number of benzene rings is 2. The van der Waals surface area contributed by atoms with Crippen molar-refractivity contribution >= 4 is 44.0 Å². The number of sulfone groups is 1. The van der Waals surface area contributed by atoms with Crippen LogP contribution in [0.4, 0.5) is 10.1 Å². The monoisotopic (exact) mass is 461 g/mol. The molecule has 0 radical (unpaired) electrons. The molecule has 1 amide bonds. The summed E-state index contributed by atoms with van der Waals surface area (Å²) in [4.78, 5) is 14.6. The third-order valence-corrected chi connectivity index (χ3v) is 5.46. The summed E-state index contributed by atoms with van der Waals surface area (Å²) in [6.45, 7) is 3.72. The van der Waals surface area contributed by atoms with E-state index in [0.29, 0.717) is 14.8 Å². The molecule has 2 aromatic carbocycles. The van der Waals surface area contributed by atoms with E-state index in [-0.39, 0.29) is 16.8 Å². The lowest BCUT2D eigenvalue weighted by molar-refractivity contribution is 0.0979. The van der Waals surface area contributed by atoms with E-state index in [1.54, 1.807) is 17.0 Å². The molecule has 0 N–H and O–H groups in total. The lowest BCUT2D eigenvalue weighted by Crippen LogP contribution is -2.37. The quantitative estimate of drug-likeness (QED) is 0.650. The first-order chi connectivity index (χ1) is 11.1. The number of halogens is 2. The highest BCUT2D eigenvalue weighted by Gasteiger charge is 2.23. The van der Waals surface area contributed by atoms with Crippen LogP contribution >= 0.6 is 22.6 Å². The van der Waals surface area contributed by atoms with Gasteiger partial charge in [0.15, 0.2) is 9.84 Å². The van der Waals surface area contributed by atoms with Crippen LogP contribution in [0, 0.1) is 9.39 Å². The van der Waals surface area contributed by atoms with Gasteiger partial charge in [-0.15, -0.1) is 0 Å². The zero-order valence-electron chi connectivity index (χ0n) is 13.5. The molecule has 24 heavy (non-hydrogen) atoms. The second-order valence-corrected chi connectivity index (χ2v) is 8.84. The van der Waals surface area contributed by atoms with Crippen LogP contribution in [0.1, 0.15) is 24.2 Å². The standard InChI is InChI=1S/C17H17FINO3S/c1-11(2)20(13-5-7-14(8-6-13)24(3,22)23)17(21)15-9-4-12(18)10-16(15)19/h4-11H,1-3H3. The molecule has 0 unspecified atom stereocenters. The van der Waals surface area contributed by atoms with E-state index in [0.717, 1.165) is 6.26 Å². The smallest absolute Gasteiger partial charge is 0.259 e. The number of amides is 1. The number of anilines is 1. The summed E-state index contributed by atoms with van der Waals surface area (Å²) in [7, 11) is -3.30. The van der Waals surface area contributed by atoms with Crippen molar-refractivity contribution in [1.82, 2.24) is 0 Å². The first-order valence-corrected chi connectivity index (χ1v) is 10.2. The highest BCUT2D eigenvalue weighted by Crippen LogP contribution is 2.24. The number of nitrogens with zero attached hydrogens (tertiary/aromatic N) is 1. The van der Waals surface area contributed by atoms with E-state index < -0.39 is 15.7 Å². The minimum absolute atomic E-state index is 0.151. The molecule has 0 bridgehead atoms. The predicted octanol–water partition coefficient (Wildman–Crippen LogP) is 3.89. The van der Waals surface area contributed by atoms with Gasteiger partial charge in [0, 0.05) is 21.6 Å². The molecule has 0 heterocycles. The van der Waals surface area contributed by atoms with Crippen LogP contribution in [0.2, 0.25) is 0 Å². The van der Waals surface area contributed by atoms with Crippen molar-refractivity contribution in [2.45, 2.75) is 24.8 Å². The number of carbonyl (C=O) groups excluding carboxylic acids is 1. The largest absolute Gasteiger partial charge is 0.306 e. The molecular weight excluding hydrogens is 444 g/mol. The molecule has 128 valence electrons. The normalized spacial score (nSPS) is 11.6. The van der Waals surface area contributed by atoms with E-state index in [4.69, 9.17) is 0 Å². The Bertz CT molecular complexity index is 864. The fraction of sp³-hybridized carbons (Fsp3) is 0.235. The van der Waals surface area contributed by atoms with Crippen LogP contribution in [0.15, 0.2) is 47.4 Å². The lowest BCUT2D eigenvalue weighted by atomic mass is 10.1. The number of rotatable bonds is 4. The molecular formula is C17H17FINO3S. The molecule has 2 aromatic rings. The lowest BCUT2D eigenvalue weighted by Gasteiger charge is -2.27. The van der Waals surface area contributed by atoms with Gasteiger partial charge in [0.1, 0.15) is 5.82 Å². The van der Waals surface area contributed by atoms with Gasteiger partial charge in [-0.3, -0.25) is 4.79 Å². The first kappa shape index (κ1) is 18.9. The van der Waals surface area contributed by atoms with Gasteiger partial charge < -0.3 is 4.90 Å². The fourth-order valence-electron chi connectivity index (χ4n) is 2.30. The Morgan fingerprint density at radius 2 is 1.71 bits per heavy atom. The molecule has 4 nitrogen and oxygen atoms in total. The average Bonchev–Trinajstić information content (AvgIpc) is 2.46. The van der Waals surface area contributed by atoms with E-state index in [9.17, 15) is 17.6 Å². The Labute approximate surface area is 154 Å². The Kier molecular flexibility index (Phi) is 5.64. The second-order valence-electron chi connectivity index (χ2n) is 5.66. The van der Waals surface area contributed by atoms with Crippen molar-refractivity contribution in [3.8, 4) is 0 Å². The van der Waals surface area contributed by atoms with Crippen molar-refractivity contribution in [1.29, 1.82) is 0 Å². The molecule has 2 rings (SSSR count). The van der Waals surface area contributed by atoms with Crippen LogP contribution in [0.3, 0.4) is 0 Å². The summed E-state index contributed by atoms with van der Waals surface area (Å²) < 4.78 is 36.9. The summed E-state index contributed by atoms with van der Waals surface area (Å²) in [5.74, 6) is -0.661. The van der Waals surface area contributed by atoms with Crippen LogP contribution < -0.4 is 4.90 Å². The Morgan fingerprint density at radius 3 is 2.17 bits per heavy atom. The van der Waals surface area contributed by atoms with Gasteiger partial charge in [-0.05, 0) is 78.9 Å². The van der Waals surface area contributed by atoms with Gasteiger partial charge in [-0.25, -0.2) is 12.8 Å². The van der Waals surface area contributed by atoms with Crippen LogP contribution in [0.5, 0.6) is 0 Å². The van der Waals surface area contributed by atoms with E-state index in [1.807, 2.05) is 36.4 Å². The average molecular weight is 461 g/mol. The van der Waals surface area contributed by atoms with E-state index in [2.05, 4.69) is 0 Å². The van der Waals surface area contributed by atoms with Crippen LogP contribution in [-0.4, -0.2) is 26.6 Å². The zero-order valence-corrected chi connectivity index (χ0v) is 16.4. The first-order valence-electron chi connectivity index (χ1n) is 7.20. The maximum absolute atomic E-state index is 13.3. The van der Waals surface area contributed by atoms with E-state index in [1.165, 1.54) is 30.3 Å². The highest BCUT2D eigenvalue weighted by atomic mass is 127. The fourth-order valence-corrected chi connectivity index (χ4v) is 3.63. The van der Waals surface area contributed by atoms with Gasteiger partial charge in [0.2, 0.25) is 0 Å². The number of hydrogen-bond acceptors (Lipinski definition) is 3. The second kappa shape index (κ2) is 7.18. The van der Waals surface area contributed by atoms with Crippen molar-refractivity contribution < 1.29 is 17.6 Å². The van der Waals surface area contributed by atoms with E-state index >= 15 is 0 Å². The SMILES string of the molecule is CC(C)N(C(=O)c1ccc(F)cc1I)c1ccc(S(C)(=O)=O)cc1.